The van der Waals surface area contributed by atoms with Gasteiger partial charge in [-0.05, 0) is 30.5 Å². The minimum Gasteiger partial charge on any atom is -0.477 e. The zero-order valence-electron chi connectivity index (χ0n) is 10.0. The van der Waals surface area contributed by atoms with E-state index in [1.54, 1.807) is 17.4 Å². The van der Waals surface area contributed by atoms with Crippen molar-refractivity contribution >= 4 is 23.1 Å². The quantitative estimate of drug-likeness (QED) is 0.900. The molecule has 0 aliphatic rings. The number of pyridine rings is 1. The summed E-state index contributed by atoms with van der Waals surface area (Å²) in [6, 6.07) is 9.14. The largest absolute Gasteiger partial charge is 0.477 e. The highest BCUT2D eigenvalue weighted by atomic mass is 32.1. The molecular formula is C13H14N2O2S. The lowest BCUT2D eigenvalue weighted by Gasteiger charge is -2.21. The molecular weight excluding hydrogens is 248 g/mol. The van der Waals surface area contributed by atoms with E-state index in [2.05, 4.69) is 16.0 Å². The molecule has 2 rings (SSSR count). The summed E-state index contributed by atoms with van der Waals surface area (Å²) in [6.07, 6.45) is 0. The molecule has 5 heteroatoms. The van der Waals surface area contributed by atoms with Crippen LogP contribution in [0.15, 0.2) is 35.7 Å². The smallest absolute Gasteiger partial charge is 0.354 e. The monoisotopic (exact) mass is 262 g/mol. The predicted octanol–water partition coefficient (Wildman–Crippen LogP) is 2.87. The number of hydrogen-bond donors (Lipinski definition) is 1. The summed E-state index contributed by atoms with van der Waals surface area (Å²) in [4.78, 5) is 18.3. The summed E-state index contributed by atoms with van der Waals surface area (Å²) < 4.78 is 0. The van der Waals surface area contributed by atoms with Crippen LogP contribution in [0, 0.1) is 0 Å². The summed E-state index contributed by atoms with van der Waals surface area (Å²) in [5, 5.41) is 11.0. The fourth-order valence-corrected chi connectivity index (χ4v) is 2.38. The van der Waals surface area contributed by atoms with Gasteiger partial charge in [0, 0.05) is 11.4 Å². The average molecular weight is 262 g/mol. The van der Waals surface area contributed by atoms with Crippen molar-refractivity contribution in [1.82, 2.24) is 4.98 Å². The average Bonchev–Trinajstić information content (AvgIpc) is 2.89. The maximum atomic E-state index is 10.9. The number of nitrogens with zero attached hydrogens (tertiary/aromatic N) is 2. The Morgan fingerprint density at radius 3 is 2.83 bits per heavy atom. The zero-order chi connectivity index (χ0) is 13.0. The molecule has 0 spiro atoms. The molecule has 0 saturated heterocycles. The zero-order valence-corrected chi connectivity index (χ0v) is 10.9. The molecule has 1 N–H and O–H groups in total. The summed E-state index contributed by atoms with van der Waals surface area (Å²) in [6.45, 7) is 3.57. The Labute approximate surface area is 110 Å². The van der Waals surface area contributed by atoms with E-state index in [0.717, 1.165) is 13.1 Å². The molecule has 0 fully saturated rings. The Hall–Kier alpha value is -1.88. The molecule has 0 bridgehead atoms. The summed E-state index contributed by atoms with van der Waals surface area (Å²) in [5.74, 6) is -0.296. The molecule has 2 heterocycles. The minimum absolute atomic E-state index is 0.0807. The standard InChI is InChI=1S/C13H14N2O2S/c1-2-15(9-10-5-4-8-18-10)12-7-3-6-11(14-12)13(16)17/h3-8H,2,9H2,1H3,(H,16,17). The van der Waals surface area contributed by atoms with E-state index in [1.165, 1.54) is 10.9 Å². The van der Waals surface area contributed by atoms with Crippen LogP contribution in [-0.4, -0.2) is 22.6 Å². The van der Waals surface area contributed by atoms with Crippen molar-refractivity contribution < 1.29 is 9.90 Å². The SMILES string of the molecule is CCN(Cc1cccs1)c1cccc(C(=O)O)n1. The predicted molar refractivity (Wildman–Crippen MR) is 72.2 cm³/mol. The molecule has 2 aromatic heterocycles. The number of rotatable bonds is 5. The number of aromatic nitrogens is 1. The third-order valence-electron chi connectivity index (χ3n) is 2.59. The second-order valence-corrected chi connectivity index (χ2v) is 4.81. The second-order valence-electron chi connectivity index (χ2n) is 3.78. The first-order valence-corrected chi connectivity index (χ1v) is 6.56. The third-order valence-corrected chi connectivity index (χ3v) is 3.45. The van der Waals surface area contributed by atoms with Gasteiger partial charge in [-0.25, -0.2) is 9.78 Å². The van der Waals surface area contributed by atoms with Crippen LogP contribution in [0.3, 0.4) is 0 Å². The lowest BCUT2D eigenvalue weighted by Crippen LogP contribution is -2.23. The van der Waals surface area contributed by atoms with Crippen molar-refractivity contribution in [1.29, 1.82) is 0 Å². The van der Waals surface area contributed by atoms with Gasteiger partial charge in [0.15, 0.2) is 5.69 Å². The van der Waals surface area contributed by atoms with E-state index in [-0.39, 0.29) is 5.69 Å². The minimum atomic E-state index is -0.996. The van der Waals surface area contributed by atoms with Crippen molar-refractivity contribution in [2.45, 2.75) is 13.5 Å². The van der Waals surface area contributed by atoms with Crippen molar-refractivity contribution in [2.75, 3.05) is 11.4 Å². The van der Waals surface area contributed by atoms with Gasteiger partial charge in [0.25, 0.3) is 0 Å². The molecule has 0 radical (unpaired) electrons. The van der Waals surface area contributed by atoms with Gasteiger partial charge < -0.3 is 10.0 Å². The maximum Gasteiger partial charge on any atom is 0.354 e. The van der Waals surface area contributed by atoms with Gasteiger partial charge in [-0.3, -0.25) is 0 Å². The Balaban J connectivity index is 2.21. The van der Waals surface area contributed by atoms with E-state index in [0.29, 0.717) is 5.82 Å². The van der Waals surface area contributed by atoms with Crippen LogP contribution >= 0.6 is 11.3 Å². The van der Waals surface area contributed by atoms with Crippen LogP contribution in [0.5, 0.6) is 0 Å². The first kappa shape index (κ1) is 12.6. The molecule has 0 aliphatic heterocycles. The van der Waals surface area contributed by atoms with Crippen LogP contribution in [0.2, 0.25) is 0 Å². The Morgan fingerprint density at radius 1 is 1.39 bits per heavy atom. The van der Waals surface area contributed by atoms with Crippen molar-refractivity contribution in [3.05, 3.63) is 46.3 Å². The van der Waals surface area contributed by atoms with Crippen LogP contribution in [0.1, 0.15) is 22.3 Å². The highest BCUT2D eigenvalue weighted by molar-refractivity contribution is 7.09. The summed E-state index contributed by atoms with van der Waals surface area (Å²) in [7, 11) is 0. The van der Waals surface area contributed by atoms with Crippen molar-refractivity contribution in [3.63, 3.8) is 0 Å². The van der Waals surface area contributed by atoms with Gasteiger partial charge in [-0.1, -0.05) is 12.1 Å². The topological polar surface area (TPSA) is 53.4 Å². The molecule has 0 saturated carbocycles. The van der Waals surface area contributed by atoms with Gasteiger partial charge in [-0.2, -0.15) is 0 Å². The molecule has 0 aromatic carbocycles. The highest BCUT2D eigenvalue weighted by Crippen LogP contribution is 2.17. The molecule has 0 aliphatic carbocycles. The second kappa shape index (κ2) is 5.64. The molecule has 4 nitrogen and oxygen atoms in total. The molecule has 18 heavy (non-hydrogen) atoms. The van der Waals surface area contributed by atoms with E-state index >= 15 is 0 Å². The highest BCUT2D eigenvalue weighted by Gasteiger charge is 2.10. The van der Waals surface area contributed by atoms with Crippen LogP contribution in [-0.2, 0) is 6.54 Å². The first-order valence-electron chi connectivity index (χ1n) is 5.68. The van der Waals surface area contributed by atoms with Gasteiger partial charge in [0.2, 0.25) is 0 Å². The van der Waals surface area contributed by atoms with E-state index < -0.39 is 5.97 Å². The number of anilines is 1. The van der Waals surface area contributed by atoms with Crippen molar-refractivity contribution in [3.8, 4) is 0 Å². The fourth-order valence-electron chi connectivity index (χ4n) is 1.66. The molecule has 0 atom stereocenters. The first-order chi connectivity index (χ1) is 8.70. The van der Waals surface area contributed by atoms with Gasteiger partial charge in [0.05, 0.1) is 6.54 Å². The summed E-state index contributed by atoms with van der Waals surface area (Å²) >= 11 is 1.69. The molecule has 0 unspecified atom stereocenters. The number of thiophene rings is 1. The maximum absolute atomic E-state index is 10.9. The van der Waals surface area contributed by atoms with Crippen LogP contribution in [0.4, 0.5) is 5.82 Å². The lowest BCUT2D eigenvalue weighted by molar-refractivity contribution is 0.0690. The van der Waals surface area contributed by atoms with E-state index in [1.807, 2.05) is 24.4 Å². The molecule has 2 aromatic rings. The normalized spacial score (nSPS) is 10.3. The fraction of sp³-hybridized carbons (Fsp3) is 0.231. The number of aromatic carboxylic acids is 1. The Kier molecular flexibility index (Phi) is 3.94. The number of carboxylic acid groups (broad SMARTS) is 1. The molecule has 94 valence electrons. The van der Waals surface area contributed by atoms with Gasteiger partial charge >= 0.3 is 5.97 Å². The third kappa shape index (κ3) is 2.87. The Morgan fingerprint density at radius 2 is 2.22 bits per heavy atom. The van der Waals surface area contributed by atoms with Crippen LogP contribution in [0.25, 0.3) is 0 Å². The number of carboxylic acids is 1. The van der Waals surface area contributed by atoms with Crippen molar-refractivity contribution in [2.24, 2.45) is 0 Å². The number of carbonyl (C=O) groups is 1. The Bertz CT molecular complexity index is 526. The summed E-state index contributed by atoms with van der Waals surface area (Å²) in [5.41, 5.74) is 0.0807. The van der Waals surface area contributed by atoms with Gasteiger partial charge in [0.1, 0.15) is 5.82 Å². The van der Waals surface area contributed by atoms with Gasteiger partial charge in [-0.15, -0.1) is 11.3 Å². The van der Waals surface area contributed by atoms with E-state index in [9.17, 15) is 4.79 Å². The number of hydrogen-bond acceptors (Lipinski definition) is 4. The lowest BCUT2D eigenvalue weighted by atomic mass is 10.3. The van der Waals surface area contributed by atoms with Crippen LogP contribution < -0.4 is 4.90 Å². The van der Waals surface area contributed by atoms with E-state index in [4.69, 9.17) is 5.11 Å². The molecule has 0 amide bonds.